The van der Waals surface area contributed by atoms with Crippen molar-refractivity contribution in [2.45, 2.75) is 31.8 Å². The van der Waals surface area contributed by atoms with Crippen molar-refractivity contribution in [2.24, 2.45) is 17.8 Å². The fourth-order valence-electron chi connectivity index (χ4n) is 2.97. The number of rotatable bonds is 4. The maximum Gasteiger partial charge on any atom is 0.307 e. The number of aliphatic hydroxyl groups is 1. The molecule has 1 amide bonds. The zero-order valence-electron chi connectivity index (χ0n) is 11.1. The first-order valence-corrected chi connectivity index (χ1v) is 6.72. The molecule has 4 atom stereocenters. The van der Waals surface area contributed by atoms with Gasteiger partial charge in [-0.1, -0.05) is 6.92 Å². The van der Waals surface area contributed by atoms with Gasteiger partial charge in [0.2, 0.25) is 5.91 Å². The molecule has 1 aliphatic carbocycles. The van der Waals surface area contributed by atoms with Gasteiger partial charge in [0.25, 0.3) is 0 Å². The first-order chi connectivity index (χ1) is 8.91. The third-order valence-electron chi connectivity index (χ3n) is 4.13. The van der Waals surface area contributed by atoms with Gasteiger partial charge < -0.3 is 20.3 Å². The summed E-state index contributed by atoms with van der Waals surface area (Å²) in [5.74, 6) is -2.03. The van der Waals surface area contributed by atoms with Crippen LogP contribution in [0.25, 0.3) is 0 Å². The smallest absolute Gasteiger partial charge is 0.307 e. The second kappa shape index (κ2) is 5.46. The average Bonchev–Trinajstić information content (AvgIpc) is 2.93. The molecule has 2 aliphatic rings. The molecule has 0 radical (unpaired) electrons. The largest absolute Gasteiger partial charge is 0.481 e. The lowest BCUT2D eigenvalue weighted by Crippen LogP contribution is -2.46. The van der Waals surface area contributed by atoms with Gasteiger partial charge in [-0.15, -0.1) is 0 Å². The van der Waals surface area contributed by atoms with Crippen LogP contribution in [0.15, 0.2) is 0 Å². The van der Waals surface area contributed by atoms with Crippen LogP contribution in [0.3, 0.4) is 0 Å². The van der Waals surface area contributed by atoms with E-state index in [0.717, 1.165) is 0 Å². The molecule has 2 unspecified atom stereocenters. The minimum atomic E-state index is -1.00. The molecule has 1 aliphatic heterocycles. The summed E-state index contributed by atoms with van der Waals surface area (Å²) >= 11 is 0. The number of amides is 1. The van der Waals surface area contributed by atoms with Gasteiger partial charge in [-0.2, -0.15) is 0 Å². The molecule has 0 aromatic heterocycles. The van der Waals surface area contributed by atoms with Crippen LogP contribution in [-0.4, -0.2) is 47.4 Å². The van der Waals surface area contributed by atoms with E-state index in [1.54, 1.807) is 0 Å². The summed E-state index contributed by atoms with van der Waals surface area (Å²) in [6.07, 6.45) is 1.63. The molecule has 6 nitrogen and oxygen atoms in total. The fraction of sp³-hybridized carbons (Fsp3) is 0.846. The van der Waals surface area contributed by atoms with Gasteiger partial charge in [-0.05, 0) is 18.8 Å². The van der Waals surface area contributed by atoms with E-state index in [0.29, 0.717) is 25.9 Å². The monoisotopic (exact) mass is 271 g/mol. The Labute approximate surface area is 112 Å². The van der Waals surface area contributed by atoms with Crippen LogP contribution in [0, 0.1) is 17.8 Å². The summed E-state index contributed by atoms with van der Waals surface area (Å²) in [6.45, 7) is 2.80. The molecule has 2 rings (SSSR count). The summed E-state index contributed by atoms with van der Waals surface area (Å²) in [5, 5.41) is 21.9. The van der Waals surface area contributed by atoms with E-state index in [1.807, 2.05) is 6.92 Å². The zero-order valence-corrected chi connectivity index (χ0v) is 11.1. The van der Waals surface area contributed by atoms with E-state index in [2.05, 4.69) is 5.32 Å². The van der Waals surface area contributed by atoms with Crippen molar-refractivity contribution in [1.29, 1.82) is 0 Å². The predicted molar refractivity (Wildman–Crippen MR) is 66.4 cm³/mol. The number of aliphatic carboxylic acids is 1. The summed E-state index contributed by atoms with van der Waals surface area (Å²) in [7, 11) is 0. The molecule has 2 fully saturated rings. The summed E-state index contributed by atoms with van der Waals surface area (Å²) in [5.41, 5.74) is -1.00. The average molecular weight is 271 g/mol. The molecule has 19 heavy (non-hydrogen) atoms. The maximum absolute atomic E-state index is 12.1. The molecule has 3 N–H and O–H groups in total. The highest BCUT2D eigenvalue weighted by Gasteiger charge is 2.42. The first-order valence-electron chi connectivity index (χ1n) is 6.72. The predicted octanol–water partition coefficient (Wildman–Crippen LogP) is 0.000900. The summed E-state index contributed by atoms with van der Waals surface area (Å²) in [4.78, 5) is 23.2. The van der Waals surface area contributed by atoms with E-state index < -0.39 is 23.4 Å². The SMILES string of the molecule is CC1C[C@H](C(=O)NCC2(O)CCOC2)[C@H](C(=O)O)C1. The van der Waals surface area contributed by atoms with Gasteiger partial charge in [0.15, 0.2) is 0 Å². The van der Waals surface area contributed by atoms with Gasteiger partial charge in [-0.25, -0.2) is 0 Å². The molecular formula is C13H21NO5. The standard InChI is InChI=1S/C13H21NO5/c1-8-4-9(10(5-8)12(16)17)11(15)14-6-13(18)2-3-19-7-13/h8-10,18H,2-7H2,1H3,(H,14,15)(H,16,17)/t8?,9-,10+,13?/m0/s1. The molecule has 0 spiro atoms. The van der Waals surface area contributed by atoms with Crippen molar-refractivity contribution < 1.29 is 24.5 Å². The quantitative estimate of drug-likeness (QED) is 0.669. The Kier molecular flexibility index (Phi) is 4.10. The Balaban J connectivity index is 1.90. The zero-order chi connectivity index (χ0) is 14.0. The second-order valence-electron chi connectivity index (χ2n) is 5.87. The van der Waals surface area contributed by atoms with Crippen LogP contribution >= 0.6 is 0 Å². The van der Waals surface area contributed by atoms with Crippen molar-refractivity contribution in [1.82, 2.24) is 5.32 Å². The topological polar surface area (TPSA) is 95.9 Å². The highest BCUT2D eigenvalue weighted by molar-refractivity contribution is 5.85. The summed E-state index contributed by atoms with van der Waals surface area (Å²) < 4.78 is 5.10. The lowest BCUT2D eigenvalue weighted by molar-refractivity contribution is -0.146. The molecular weight excluding hydrogens is 250 g/mol. The van der Waals surface area contributed by atoms with Crippen LogP contribution in [0.2, 0.25) is 0 Å². The normalized spacial score (nSPS) is 38.3. The number of carbonyl (C=O) groups excluding carboxylic acids is 1. The number of nitrogens with one attached hydrogen (secondary N) is 1. The highest BCUT2D eigenvalue weighted by Crippen LogP contribution is 2.36. The molecule has 0 aromatic rings. The van der Waals surface area contributed by atoms with Crippen LogP contribution in [0.1, 0.15) is 26.2 Å². The van der Waals surface area contributed by atoms with Crippen molar-refractivity contribution in [3.63, 3.8) is 0 Å². The minimum Gasteiger partial charge on any atom is -0.481 e. The van der Waals surface area contributed by atoms with Crippen LogP contribution < -0.4 is 5.32 Å². The number of ether oxygens (including phenoxy) is 1. The molecule has 6 heteroatoms. The lowest BCUT2D eigenvalue weighted by atomic mass is 9.95. The van der Waals surface area contributed by atoms with Crippen LogP contribution in [0.5, 0.6) is 0 Å². The van der Waals surface area contributed by atoms with Gasteiger partial charge in [0.05, 0.1) is 18.4 Å². The van der Waals surface area contributed by atoms with E-state index >= 15 is 0 Å². The van der Waals surface area contributed by atoms with E-state index in [1.165, 1.54) is 0 Å². The van der Waals surface area contributed by atoms with E-state index in [-0.39, 0.29) is 25.0 Å². The van der Waals surface area contributed by atoms with E-state index in [9.17, 15) is 14.7 Å². The molecule has 1 heterocycles. The van der Waals surface area contributed by atoms with Crippen molar-refractivity contribution in [3.05, 3.63) is 0 Å². The van der Waals surface area contributed by atoms with Gasteiger partial charge in [0, 0.05) is 19.6 Å². The number of hydrogen-bond acceptors (Lipinski definition) is 4. The Morgan fingerprint density at radius 2 is 2.05 bits per heavy atom. The Morgan fingerprint density at radius 3 is 2.63 bits per heavy atom. The van der Waals surface area contributed by atoms with Gasteiger partial charge >= 0.3 is 5.97 Å². The molecule has 0 aromatic carbocycles. The molecule has 1 saturated heterocycles. The van der Waals surface area contributed by atoms with Crippen molar-refractivity contribution in [2.75, 3.05) is 19.8 Å². The number of carbonyl (C=O) groups is 2. The number of carboxylic acid groups (broad SMARTS) is 1. The number of hydrogen-bond donors (Lipinski definition) is 3. The van der Waals surface area contributed by atoms with Gasteiger partial charge in [0.1, 0.15) is 5.60 Å². The number of carboxylic acids is 1. The minimum absolute atomic E-state index is 0.128. The molecule has 0 bridgehead atoms. The fourth-order valence-corrected chi connectivity index (χ4v) is 2.97. The lowest BCUT2D eigenvalue weighted by Gasteiger charge is -2.23. The second-order valence-corrected chi connectivity index (χ2v) is 5.87. The first kappa shape index (κ1) is 14.3. The Bertz CT molecular complexity index is 364. The molecule has 108 valence electrons. The van der Waals surface area contributed by atoms with Gasteiger partial charge in [-0.3, -0.25) is 9.59 Å². The molecule has 1 saturated carbocycles. The third-order valence-corrected chi connectivity index (χ3v) is 4.13. The third kappa shape index (κ3) is 3.25. The van der Waals surface area contributed by atoms with Crippen molar-refractivity contribution in [3.8, 4) is 0 Å². The Hall–Kier alpha value is -1.14. The highest BCUT2D eigenvalue weighted by atomic mass is 16.5. The Morgan fingerprint density at radius 1 is 1.37 bits per heavy atom. The van der Waals surface area contributed by atoms with Crippen molar-refractivity contribution >= 4 is 11.9 Å². The van der Waals surface area contributed by atoms with Crippen LogP contribution in [0.4, 0.5) is 0 Å². The van der Waals surface area contributed by atoms with E-state index in [4.69, 9.17) is 9.84 Å². The summed E-state index contributed by atoms with van der Waals surface area (Å²) in [6, 6.07) is 0. The maximum atomic E-state index is 12.1. The van der Waals surface area contributed by atoms with Crippen LogP contribution in [-0.2, 0) is 14.3 Å².